The van der Waals surface area contributed by atoms with Gasteiger partial charge in [0.1, 0.15) is 10.9 Å². The first kappa shape index (κ1) is 18.6. The number of sulfonamides is 1. The van der Waals surface area contributed by atoms with Crippen LogP contribution in [-0.4, -0.2) is 41.2 Å². The third-order valence-corrected chi connectivity index (χ3v) is 4.29. The van der Waals surface area contributed by atoms with Crippen LogP contribution in [0, 0.1) is 0 Å². The van der Waals surface area contributed by atoms with Gasteiger partial charge >= 0.3 is 5.97 Å². The molecule has 0 aliphatic heterocycles. The van der Waals surface area contributed by atoms with Crippen molar-refractivity contribution in [2.75, 3.05) is 0 Å². The molecule has 0 spiro atoms. The molecule has 2 rings (SSSR count). The number of carbonyl (C=O) groups is 2. The molecule has 4 N–H and O–H groups in total. The number of benzene rings is 1. The normalized spacial score (nSPS) is 12.5. The molecule has 25 heavy (non-hydrogen) atoms. The van der Waals surface area contributed by atoms with E-state index in [1.165, 1.54) is 10.9 Å². The maximum absolute atomic E-state index is 12.0. The van der Waals surface area contributed by atoms with Crippen LogP contribution in [0.5, 0.6) is 0 Å². The van der Waals surface area contributed by atoms with Gasteiger partial charge in [0.15, 0.2) is 0 Å². The third-order valence-electron chi connectivity index (χ3n) is 3.42. The number of primary sulfonamides is 1. The molecule has 0 unspecified atom stereocenters. The number of aromatic nitrogens is 2. The van der Waals surface area contributed by atoms with Crippen LogP contribution in [-0.2, 0) is 32.6 Å². The van der Waals surface area contributed by atoms with E-state index in [4.69, 9.17) is 5.14 Å². The molecule has 9 nitrogen and oxygen atoms in total. The minimum Gasteiger partial charge on any atom is -0.480 e. The number of carboxylic acid groups (broad SMARTS) is 1. The molecule has 1 atom stereocenters. The predicted octanol–water partition coefficient (Wildman–Crippen LogP) is -0.267. The first-order valence-electron chi connectivity index (χ1n) is 7.37. The van der Waals surface area contributed by atoms with Gasteiger partial charge in [0.25, 0.3) is 0 Å². The Morgan fingerprint density at radius 3 is 2.52 bits per heavy atom. The molecule has 0 radical (unpaired) electrons. The summed E-state index contributed by atoms with van der Waals surface area (Å²) in [5.41, 5.74) is 0.792. The fourth-order valence-corrected chi connectivity index (χ4v) is 2.61. The van der Waals surface area contributed by atoms with Crippen molar-refractivity contribution >= 4 is 21.9 Å². The number of carbonyl (C=O) groups excluding carboxylic acids is 1. The van der Waals surface area contributed by atoms with Gasteiger partial charge < -0.3 is 10.4 Å². The van der Waals surface area contributed by atoms with Crippen LogP contribution >= 0.6 is 0 Å². The van der Waals surface area contributed by atoms with Crippen LogP contribution in [0.25, 0.3) is 0 Å². The highest BCUT2D eigenvalue weighted by Gasteiger charge is 2.20. The van der Waals surface area contributed by atoms with Crippen LogP contribution in [0.15, 0.2) is 47.6 Å². The van der Waals surface area contributed by atoms with Gasteiger partial charge in [-0.15, -0.1) is 0 Å². The zero-order chi connectivity index (χ0) is 18.4. The van der Waals surface area contributed by atoms with Crippen molar-refractivity contribution in [2.24, 2.45) is 5.14 Å². The lowest BCUT2D eigenvalue weighted by Crippen LogP contribution is -2.42. The fourth-order valence-electron chi connectivity index (χ4n) is 2.15. The van der Waals surface area contributed by atoms with Crippen molar-refractivity contribution in [3.8, 4) is 0 Å². The summed E-state index contributed by atoms with van der Waals surface area (Å²) in [6.07, 6.45) is 2.41. The topological polar surface area (TPSA) is 144 Å². The molecular formula is C15H18N4O5S. The second-order valence-corrected chi connectivity index (χ2v) is 6.94. The molecule has 0 saturated heterocycles. The van der Waals surface area contributed by atoms with E-state index in [-0.39, 0.29) is 24.3 Å². The summed E-state index contributed by atoms with van der Waals surface area (Å²) in [5.74, 6) is -1.61. The van der Waals surface area contributed by atoms with Gasteiger partial charge in [-0.25, -0.2) is 18.4 Å². The molecule has 0 fully saturated rings. The van der Waals surface area contributed by atoms with E-state index in [0.29, 0.717) is 0 Å². The van der Waals surface area contributed by atoms with Gasteiger partial charge in [0.05, 0.1) is 6.20 Å². The number of aryl methyl sites for hydroxylation is 1. The number of rotatable bonds is 8. The minimum absolute atomic E-state index is 0.0513. The predicted molar refractivity (Wildman–Crippen MR) is 87.9 cm³/mol. The molecule has 2 aromatic rings. The molecule has 1 aromatic heterocycles. The quantitative estimate of drug-likeness (QED) is 0.587. The Bertz CT molecular complexity index is 848. The summed E-state index contributed by atoms with van der Waals surface area (Å²) in [7, 11) is -3.85. The highest BCUT2D eigenvalue weighted by atomic mass is 32.2. The van der Waals surface area contributed by atoms with Crippen LogP contribution in [0.1, 0.15) is 12.0 Å². The monoisotopic (exact) mass is 366 g/mol. The average molecular weight is 366 g/mol. The molecule has 0 saturated carbocycles. The van der Waals surface area contributed by atoms with Crippen molar-refractivity contribution in [1.29, 1.82) is 0 Å². The number of hydrogen-bond acceptors (Lipinski definition) is 5. The number of hydrogen-bond donors (Lipinski definition) is 3. The molecule has 134 valence electrons. The zero-order valence-electron chi connectivity index (χ0n) is 13.2. The molecule has 10 heteroatoms. The van der Waals surface area contributed by atoms with Crippen molar-refractivity contribution < 1.29 is 23.1 Å². The Morgan fingerprint density at radius 1 is 1.28 bits per heavy atom. The highest BCUT2D eigenvalue weighted by molar-refractivity contribution is 7.89. The van der Waals surface area contributed by atoms with Crippen molar-refractivity contribution in [1.82, 2.24) is 15.1 Å². The molecule has 1 amide bonds. The molecule has 1 heterocycles. The Hall–Kier alpha value is -2.72. The number of aliphatic carboxylic acids is 1. The second kappa shape index (κ2) is 7.90. The Morgan fingerprint density at radius 2 is 1.96 bits per heavy atom. The fraction of sp³-hybridized carbons (Fsp3) is 0.267. The number of carboxylic acids is 1. The Kier molecular flexibility index (Phi) is 5.88. The number of nitrogens with two attached hydrogens (primary N) is 1. The maximum Gasteiger partial charge on any atom is 0.326 e. The van der Waals surface area contributed by atoms with Crippen LogP contribution < -0.4 is 10.5 Å². The van der Waals surface area contributed by atoms with Crippen molar-refractivity contribution in [3.63, 3.8) is 0 Å². The third kappa shape index (κ3) is 5.69. The summed E-state index contributed by atoms with van der Waals surface area (Å²) >= 11 is 0. The van der Waals surface area contributed by atoms with E-state index in [0.717, 1.165) is 11.8 Å². The number of amides is 1. The van der Waals surface area contributed by atoms with Gasteiger partial charge in [-0.1, -0.05) is 30.3 Å². The first-order valence-corrected chi connectivity index (χ1v) is 8.91. The molecule has 0 bridgehead atoms. The van der Waals surface area contributed by atoms with Gasteiger partial charge in [-0.3, -0.25) is 9.48 Å². The van der Waals surface area contributed by atoms with Crippen LogP contribution in [0.2, 0.25) is 0 Å². The largest absolute Gasteiger partial charge is 0.480 e. The van der Waals surface area contributed by atoms with Gasteiger partial charge in [-0.2, -0.15) is 5.10 Å². The van der Waals surface area contributed by atoms with E-state index in [1.807, 2.05) is 6.07 Å². The lowest BCUT2D eigenvalue weighted by Gasteiger charge is -2.14. The van der Waals surface area contributed by atoms with Gasteiger partial charge in [-0.05, 0) is 5.56 Å². The second-order valence-electron chi connectivity index (χ2n) is 5.38. The summed E-state index contributed by atoms with van der Waals surface area (Å²) in [5, 5.41) is 20.5. The van der Waals surface area contributed by atoms with E-state index in [1.54, 1.807) is 24.3 Å². The Labute approximate surface area is 144 Å². The maximum atomic E-state index is 12.0. The lowest BCUT2D eigenvalue weighted by molar-refractivity contribution is -0.141. The highest BCUT2D eigenvalue weighted by Crippen LogP contribution is 2.06. The summed E-state index contributed by atoms with van der Waals surface area (Å²) < 4.78 is 23.6. The van der Waals surface area contributed by atoms with Crippen molar-refractivity contribution in [2.45, 2.75) is 30.3 Å². The van der Waals surface area contributed by atoms with Crippen LogP contribution in [0.3, 0.4) is 0 Å². The first-order chi connectivity index (χ1) is 11.8. The average Bonchev–Trinajstić information content (AvgIpc) is 3.02. The van der Waals surface area contributed by atoms with Gasteiger partial charge in [0.2, 0.25) is 15.9 Å². The molecule has 0 aliphatic carbocycles. The van der Waals surface area contributed by atoms with Crippen molar-refractivity contribution in [3.05, 3.63) is 48.3 Å². The smallest absolute Gasteiger partial charge is 0.326 e. The van der Waals surface area contributed by atoms with Gasteiger partial charge in [0, 0.05) is 25.6 Å². The lowest BCUT2D eigenvalue weighted by atomic mass is 10.1. The zero-order valence-corrected chi connectivity index (χ0v) is 14.0. The van der Waals surface area contributed by atoms with E-state index < -0.39 is 27.9 Å². The van der Waals surface area contributed by atoms with E-state index >= 15 is 0 Å². The molecule has 0 aliphatic rings. The molecule has 1 aromatic carbocycles. The Balaban J connectivity index is 1.91. The van der Waals surface area contributed by atoms with E-state index in [2.05, 4.69) is 10.4 Å². The van der Waals surface area contributed by atoms with E-state index in [9.17, 15) is 23.1 Å². The SMILES string of the molecule is NS(=O)(=O)c1cnn(CCC(=O)N[C@H](Cc2ccccc2)C(=O)O)c1. The number of nitrogens with one attached hydrogen (secondary N) is 1. The summed E-state index contributed by atoms with van der Waals surface area (Å²) in [6.45, 7) is 0.0963. The summed E-state index contributed by atoms with van der Waals surface area (Å²) in [4.78, 5) is 23.1. The molecular weight excluding hydrogens is 348 g/mol. The van der Waals surface area contributed by atoms with Crippen LogP contribution in [0.4, 0.5) is 0 Å². The number of nitrogens with zero attached hydrogens (tertiary/aromatic N) is 2. The standard InChI is InChI=1S/C15H18N4O5S/c16-25(23,24)12-9-17-19(10-12)7-6-14(20)18-13(15(21)22)8-11-4-2-1-3-5-11/h1-5,9-10,13H,6-8H2,(H,18,20)(H,21,22)(H2,16,23,24)/t13-/m1/s1. The minimum atomic E-state index is -3.85. The summed E-state index contributed by atoms with van der Waals surface area (Å²) in [6, 6.07) is 7.90.